The zero-order valence-corrected chi connectivity index (χ0v) is 10.8. The van der Waals surface area contributed by atoms with Crippen molar-refractivity contribution in [1.29, 1.82) is 0 Å². The molecule has 1 heterocycles. The van der Waals surface area contributed by atoms with Crippen LogP contribution in [0.2, 0.25) is 0 Å². The number of hydrogen-bond acceptors (Lipinski definition) is 3. The fourth-order valence-corrected chi connectivity index (χ4v) is 3.06. The molecule has 2 rings (SSSR count). The molecule has 0 aromatic heterocycles. The van der Waals surface area contributed by atoms with Gasteiger partial charge in [0.05, 0.1) is 0 Å². The van der Waals surface area contributed by atoms with Gasteiger partial charge in [0.1, 0.15) is 0 Å². The Kier molecular flexibility index (Phi) is 4.45. The first-order valence-corrected chi connectivity index (χ1v) is 7.07. The smallest absolute Gasteiger partial charge is 0.251 e. The van der Waals surface area contributed by atoms with E-state index in [0.29, 0.717) is 11.6 Å². The molecular formula is C13H18N2OS. The van der Waals surface area contributed by atoms with Crippen LogP contribution in [-0.4, -0.2) is 30.5 Å². The Balaban J connectivity index is 1.87. The van der Waals surface area contributed by atoms with E-state index in [1.165, 1.54) is 23.5 Å². The van der Waals surface area contributed by atoms with Crippen molar-refractivity contribution in [2.75, 3.05) is 18.6 Å². The van der Waals surface area contributed by atoms with E-state index in [4.69, 9.17) is 0 Å². The first-order chi connectivity index (χ1) is 8.29. The second-order valence-corrected chi connectivity index (χ2v) is 5.37. The van der Waals surface area contributed by atoms with Crippen molar-refractivity contribution in [3.05, 3.63) is 35.4 Å². The quantitative estimate of drug-likeness (QED) is 0.853. The highest BCUT2D eigenvalue weighted by Crippen LogP contribution is 2.17. The molecule has 0 spiro atoms. The summed E-state index contributed by atoms with van der Waals surface area (Å²) in [6.07, 6.45) is 1.26. The van der Waals surface area contributed by atoms with Crippen LogP contribution in [0.25, 0.3) is 0 Å². The van der Waals surface area contributed by atoms with Gasteiger partial charge in [-0.25, -0.2) is 0 Å². The molecule has 1 atom stereocenters. The van der Waals surface area contributed by atoms with Crippen LogP contribution in [0.1, 0.15) is 22.3 Å². The van der Waals surface area contributed by atoms with E-state index in [2.05, 4.69) is 10.6 Å². The minimum atomic E-state index is -0.0308. The Morgan fingerprint density at radius 2 is 2.18 bits per heavy atom. The fraction of sp³-hybridized carbons (Fsp3) is 0.462. The standard InChI is InChI=1S/C13H18N2OS/c1-14-13(16)11-4-2-10(3-5-11)8-15-12-6-7-17-9-12/h2-5,12,15H,6-9H2,1H3,(H,14,16). The van der Waals surface area contributed by atoms with Crippen molar-refractivity contribution < 1.29 is 4.79 Å². The molecule has 1 amide bonds. The molecule has 1 aromatic carbocycles. The van der Waals surface area contributed by atoms with Gasteiger partial charge in [0.2, 0.25) is 0 Å². The minimum Gasteiger partial charge on any atom is -0.355 e. The number of nitrogens with one attached hydrogen (secondary N) is 2. The van der Waals surface area contributed by atoms with E-state index < -0.39 is 0 Å². The molecule has 1 fully saturated rings. The molecule has 1 aliphatic heterocycles. The van der Waals surface area contributed by atoms with Crippen LogP contribution in [-0.2, 0) is 6.54 Å². The van der Waals surface area contributed by atoms with E-state index in [0.717, 1.165) is 6.54 Å². The molecule has 4 heteroatoms. The van der Waals surface area contributed by atoms with E-state index in [9.17, 15) is 4.79 Å². The largest absolute Gasteiger partial charge is 0.355 e. The summed E-state index contributed by atoms with van der Waals surface area (Å²) in [6, 6.07) is 8.43. The third kappa shape index (κ3) is 3.48. The Morgan fingerprint density at radius 3 is 2.76 bits per heavy atom. The SMILES string of the molecule is CNC(=O)c1ccc(CNC2CCSC2)cc1. The second-order valence-electron chi connectivity index (χ2n) is 4.22. The summed E-state index contributed by atoms with van der Waals surface area (Å²) in [6.45, 7) is 0.888. The summed E-state index contributed by atoms with van der Waals surface area (Å²) in [5.74, 6) is 2.46. The normalized spacial score (nSPS) is 19.2. The number of benzene rings is 1. The maximum atomic E-state index is 11.4. The zero-order valence-electron chi connectivity index (χ0n) is 10.0. The lowest BCUT2D eigenvalue weighted by Crippen LogP contribution is -2.28. The molecule has 0 radical (unpaired) electrons. The molecule has 2 N–H and O–H groups in total. The van der Waals surface area contributed by atoms with Gasteiger partial charge in [-0.05, 0) is 29.9 Å². The molecule has 0 saturated carbocycles. The Labute approximate surface area is 106 Å². The highest BCUT2D eigenvalue weighted by atomic mass is 32.2. The van der Waals surface area contributed by atoms with E-state index in [1.54, 1.807) is 7.05 Å². The topological polar surface area (TPSA) is 41.1 Å². The molecule has 0 aliphatic carbocycles. The van der Waals surface area contributed by atoms with Crippen molar-refractivity contribution in [1.82, 2.24) is 10.6 Å². The van der Waals surface area contributed by atoms with Gasteiger partial charge >= 0.3 is 0 Å². The lowest BCUT2D eigenvalue weighted by molar-refractivity contribution is 0.0963. The van der Waals surface area contributed by atoms with Crippen LogP contribution in [0.4, 0.5) is 0 Å². The van der Waals surface area contributed by atoms with Crippen LogP contribution in [0.15, 0.2) is 24.3 Å². The summed E-state index contributed by atoms with van der Waals surface area (Å²) < 4.78 is 0. The van der Waals surface area contributed by atoms with Crippen molar-refractivity contribution >= 4 is 17.7 Å². The molecule has 3 nitrogen and oxygen atoms in total. The monoisotopic (exact) mass is 250 g/mol. The maximum absolute atomic E-state index is 11.4. The molecule has 0 bridgehead atoms. The lowest BCUT2D eigenvalue weighted by atomic mass is 10.1. The first kappa shape index (κ1) is 12.5. The van der Waals surface area contributed by atoms with Gasteiger partial charge < -0.3 is 10.6 Å². The van der Waals surface area contributed by atoms with Gasteiger partial charge in [-0.2, -0.15) is 11.8 Å². The Morgan fingerprint density at radius 1 is 1.41 bits per heavy atom. The highest BCUT2D eigenvalue weighted by molar-refractivity contribution is 7.99. The summed E-state index contributed by atoms with van der Waals surface area (Å²) >= 11 is 2.01. The van der Waals surface area contributed by atoms with Crippen LogP contribution in [0, 0.1) is 0 Å². The molecule has 1 saturated heterocycles. The lowest BCUT2D eigenvalue weighted by Gasteiger charge is -2.11. The first-order valence-electron chi connectivity index (χ1n) is 5.92. The zero-order chi connectivity index (χ0) is 12.1. The number of carbonyl (C=O) groups is 1. The Hall–Kier alpha value is -1.00. The summed E-state index contributed by atoms with van der Waals surface area (Å²) in [4.78, 5) is 11.4. The van der Waals surface area contributed by atoms with Gasteiger partial charge in [-0.15, -0.1) is 0 Å². The number of carbonyl (C=O) groups excluding carboxylic acids is 1. The minimum absolute atomic E-state index is 0.0308. The predicted octanol–water partition coefficient (Wildman–Crippen LogP) is 1.64. The molecular weight excluding hydrogens is 232 g/mol. The van der Waals surface area contributed by atoms with Crippen molar-refractivity contribution in [3.8, 4) is 0 Å². The number of thioether (sulfide) groups is 1. The third-order valence-electron chi connectivity index (χ3n) is 2.97. The van der Waals surface area contributed by atoms with Gasteiger partial charge in [-0.1, -0.05) is 12.1 Å². The van der Waals surface area contributed by atoms with Gasteiger partial charge in [0, 0.05) is 31.0 Å². The van der Waals surface area contributed by atoms with E-state index in [-0.39, 0.29) is 5.91 Å². The third-order valence-corrected chi connectivity index (χ3v) is 4.13. The molecule has 92 valence electrons. The van der Waals surface area contributed by atoms with E-state index in [1.807, 2.05) is 36.0 Å². The number of hydrogen-bond donors (Lipinski definition) is 2. The number of rotatable bonds is 4. The predicted molar refractivity (Wildman–Crippen MR) is 72.4 cm³/mol. The second kappa shape index (κ2) is 6.07. The summed E-state index contributed by atoms with van der Waals surface area (Å²) in [5, 5.41) is 6.16. The molecule has 1 unspecified atom stereocenters. The maximum Gasteiger partial charge on any atom is 0.251 e. The van der Waals surface area contributed by atoms with Crippen LogP contribution in [0.5, 0.6) is 0 Å². The Bertz CT molecular complexity index is 372. The average molecular weight is 250 g/mol. The van der Waals surface area contributed by atoms with Crippen LogP contribution < -0.4 is 10.6 Å². The number of amides is 1. The summed E-state index contributed by atoms with van der Waals surface area (Å²) in [7, 11) is 1.65. The van der Waals surface area contributed by atoms with Crippen molar-refractivity contribution in [3.63, 3.8) is 0 Å². The van der Waals surface area contributed by atoms with Crippen LogP contribution >= 0.6 is 11.8 Å². The van der Waals surface area contributed by atoms with Gasteiger partial charge in [-0.3, -0.25) is 4.79 Å². The van der Waals surface area contributed by atoms with E-state index >= 15 is 0 Å². The van der Waals surface area contributed by atoms with Crippen LogP contribution in [0.3, 0.4) is 0 Å². The van der Waals surface area contributed by atoms with Crippen molar-refractivity contribution in [2.45, 2.75) is 19.0 Å². The fourth-order valence-electron chi connectivity index (χ4n) is 1.88. The average Bonchev–Trinajstić information content (AvgIpc) is 2.89. The summed E-state index contributed by atoms with van der Waals surface area (Å²) in [5.41, 5.74) is 1.95. The van der Waals surface area contributed by atoms with Gasteiger partial charge in [0.15, 0.2) is 0 Å². The molecule has 1 aliphatic rings. The molecule has 1 aromatic rings. The van der Waals surface area contributed by atoms with Crippen molar-refractivity contribution in [2.24, 2.45) is 0 Å². The van der Waals surface area contributed by atoms with Gasteiger partial charge in [0.25, 0.3) is 5.91 Å². The highest BCUT2D eigenvalue weighted by Gasteiger charge is 2.14. The molecule has 17 heavy (non-hydrogen) atoms.